The van der Waals surface area contributed by atoms with E-state index in [-0.39, 0.29) is 18.3 Å². The molecule has 0 radical (unpaired) electrons. The normalized spacial score (nSPS) is 19.0. The van der Waals surface area contributed by atoms with E-state index in [0.29, 0.717) is 24.0 Å². The molecule has 2 aromatic heterocycles. The summed E-state index contributed by atoms with van der Waals surface area (Å²) in [6, 6.07) is 5.98. The van der Waals surface area contributed by atoms with Gasteiger partial charge in [0.25, 0.3) is 11.5 Å². The summed E-state index contributed by atoms with van der Waals surface area (Å²) in [5, 5.41) is 5.32. The summed E-state index contributed by atoms with van der Waals surface area (Å²) in [4.78, 5) is 37.5. The van der Waals surface area contributed by atoms with Crippen molar-refractivity contribution in [2.24, 2.45) is 5.92 Å². The summed E-state index contributed by atoms with van der Waals surface area (Å²) >= 11 is 1.40. The van der Waals surface area contributed by atoms with Crippen molar-refractivity contribution in [2.75, 3.05) is 51.0 Å². The Bertz CT molecular complexity index is 1310. The smallest absolute Gasteiger partial charge is 0.288 e. The highest BCUT2D eigenvalue weighted by atomic mass is 32.1. The molecule has 0 unspecified atom stereocenters. The molecule has 0 aliphatic carbocycles. The Kier molecular flexibility index (Phi) is 5.81. The number of nitrogens with zero attached hydrogens (tertiary/aromatic N) is 6. The van der Waals surface area contributed by atoms with Gasteiger partial charge in [0.2, 0.25) is 16.9 Å². The maximum absolute atomic E-state index is 13.2. The second-order valence-corrected chi connectivity index (χ2v) is 10.4. The summed E-state index contributed by atoms with van der Waals surface area (Å²) in [5.41, 5.74) is 0.830. The van der Waals surface area contributed by atoms with Crippen LogP contribution in [-0.4, -0.2) is 76.4 Å². The molecule has 3 aromatic rings. The van der Waals surface area contributed by atoms with Crippen molar-refractivity contribution in [1.82, 2.24) is 24.4 Å². The standard InChI is InChI=1S/C24H28N6O4S/c1-16-4-6-29(7-5-16)24-26-30-22(32)18(13-25-23(30)35-24)21(31)28-10-8-27(9-11-28)14-17-2-3-19-20(12-17)34-15-33-19/h2-3,12-13,16H,4-11,14-15H2,1H3. The highest BCUT2D eigenvalue weighted by molar-refractivity contribution is 7.20. The molecular weight excluding hydrogens is 468 g/mol. The molecule has 10 nitrogen and oxygen atoms in total. The number of amides is 1. The monoisotopic (exact) mass is 496 g/mol. The van der Waals surface area contributed by atoms with E-state index in [2.05, 4.69) is 26.8 Å². The van der Waals surface area contributed by atoms with Crippen LogP contribution in [0.3, 0.4) is 0 Å². The molecule has 1 amide bonds. The zero-order valence-electron chi connectivity index (χ0n) is 19.7. The summed E-state index contributed by atoms with van der Waals surface area (Å²) < 4.78 is 12.1. The summed E-state index contributed by atoms with van der Waals surface area (Å²) in [7, 11) is 0. The van der Waals surface area contributed by atoms with Gasteiger partial charge in [-0.05, 0) is 36.5 Å². The average Bonchev–Trinajstić information content (AvgIpc) is 3.52. The molecule has 3 aliphatic heterocycles. The number of hydrogen-bond acceptors (Lipinski definition) is 9. The number of fused-ring (bicyclic) bond motifs is 2. The number of anilines is 1. The summed E-state index contributed by atoms with van der Waals surface area (Å²) in [6.45, 7) is 7.72. The third kappa shape index (κ3) is 4.34. The quantitative estimate of drug-likeness (QED) is 0.542. The molecular formula is C24H28N6O4S. The third-order valence-electron chi connectivity index (χ3n) is 7.06. The Hall–Kier alpha value is -3.18. The average molecular weight is 497 g/mol. The molecule has 0 saturated carbocycles. The lowest BCUT2D eigenvalue weighted by atomic mass is 10.00. The van der Waals surface area contributed by atoms with Crippen molar-refractivity contribution < 1.29 is 14.3 Å². The minimum Gasteiger partial charge on any atom is -0.454 e. The fraction of sp³-hybridized carbons (Fsp3) is 0.500. The van der Waals surface area contributed by atoms with E-state index in [1.54, 1.807) is 4.90 Å². The third-order valence-corrected chi connectivity index (χ3v) is 8.05. The molecule has 2 fully saturated rings. The van der Waals surface area contributed by atoms with Crippen molar-refractivity contribution >= 4 is 27.3 Å². The molecule has 0 N–H and O–H groups in total. The number of carbonyl (C=O) groups is 1. The Morgan fingerprint density at radius 2 is 1.86 bits per heavy atom. The lowest BCUT2D eigenvalue weighted by Gasteiger charge is -2.34. The maximum atomic E-state index is 13.2. The largest absolute Gasteiger partial charge is 0.454 e. The lowest BCUT2D eigenvalue weighted by Crippen LogP contribution is -2.49. The van der Waals surface area contributed by atoms with E-state index in [1.807, 2.05) is 18.2 Å². The second kappa shape index (κ2) is 9.12. The predicted molar refractivity (Wildman–Crippen MR) is 131 cm³/mol. The molecule has 2 saturated heterocycles. The first-order valence-corrected chi connectivity index (χ1v) is 12.9. The zero-order valence-corrected chi connectivity index (χ0v) is 20.5. The Labute approximate surface area is 206 Å². The molecule has 0 bridgehead atoms. The van der Waals surface area contributed by atoms with E-state index >= 15 is 0 Å². The second-order valence-electron chi connectivity index (χ2n) is 9.48. The lowest BCUT2D eigenvalue weighted by molar-refractivity contribution is 0.0626. The van der Waals surface area contributed by atoms with Gasteiger partial charge in [-0.2, -0.15) is 4.52 Å². The van der Waals surface area contributed by atoms with E-state index in [4.69, 9.17) is 9.47 Å². The first kappa shape index (κ1) is 22.3. The molecule has 3 aliphatic rings. The topological polar surface area (TPSA) is 92.5 Å². The van der Waals surface area contributed by atoms with E-state index < -0.39 is 5.56 Å². The maximum Gasteiger partial charge on any atom is 0.288 e. The van der Waals surface area contributed by atoms with Crippen molar-refractivity contribution in [3.8, 4) is 11.5 Å². The van der Waals surface area contributed by atoms with Gasteiger partial charge in [0.1, 0.15) is 5.56 Å². The van der Waals surface area contributed by atoms with Crippen LogP contribution in [0.2, 0.25) is 0 Å². The first-order chi connectivity index (χ1) is 17.0. The fourth-order valence-corrected chi connectivity index (χ4v) is 5.74. The van der Waals surface area contributed by atoms with Gasteiger partial charge in [-0.15, -0.1) is 5.10 Å². The molecule has 0 spiro atoms. The number of piperazine rings is 1. The van der Waals surface area contributed by atoms with Gasteiger partial charge in [-0.3, -0.25) is 14.5 Å². The fourth-order valence-electron chi connectivity index (χ4n) is 4.83. The number of carbonyl (C=O) groups excluding carboxylic acids is 1. The minimum atomic E-state index is -0.393. The number of rotatable bonds is 4. The van der Waals surface area contributed by atoms with Gasteiger partial charge in [-0.1, -0.05) is 24.3 Å². The van der Waals surface area contributed by atoms with Crippen LogP contribution in [0.25, 0.3) is 4.96 Å². The van der Waals surface area contributed by atoms with Gasteiger partial charge >= 0.3 is 0 Å². The number of piperidine rings is 1. The van der Waals surface area contributed by atoms with Crippen LogP contribution < -0.4 is 19.9 Å². The van der Waals surface area contributed by atoms with Crippen molar-refractivity contribution in [2.45, 2.75) is 26.3 Å². The molecule has 184 valence electrons. The summed E-state index contributed by atoms with van der Waals surface area (Å²) in [5.74, 6) is 1.99. The highest BCUT2D eigenvalue weighted by Gasteiger charge is 2.27. The first-order valence-electron chi connectivity index (χ1n) is 12.1. The molecule has 11 heteroatoms. The van der Waals surface area contributed by atoms with Gasteiger partial charge in [0.05, 0.1) is 0 Å². The van der Waals surface area contributed by atoms with Crippen LogP contribution in [0.1, 0.15) is 35.7 Å². The number of ether oxygens (including phenoxy) is 2. The molecule has 1 aromatic carbocycles. The van der Waals surface area contributed by atoms with Crippen LogP contribution in [0, 0.1) is 5.92 Å². The van der Waals surface area contributed by atoms with Gasteiger partial charge in [0.15, 0.2) is 11.5 Å². The van der Waals surface area contributed by atoms with Crippen LogP contribution in [0.15, 0.2) is 29.2 Å². The van der Waals surface area contributed by atoms with E-state index in [9.17, 15) is 9.59 Å². The summed E-state index contributed by atoms with van der Waals surface area (Å²) in [6.07, 6.45) is 3.64. The number of hydrogen-bond donors (Lipinski definition) is 0. The molecule has 35 heavy (non-hydrogen) atoms. The SMILES string of the molecule is CC1CCN(c2nn3c(=O)c(C(=O)N4CCN(Cc5ccc6c(c5)OCO6)CC4)cnc3s2)CC1. The number of aromatic nitrogens is 3. The van der Waals surface area contributed by atoms with Gasteiger partial charge in [0, 0.05) is 52.0 Å². The Balaban J connectivity index is 1.12. The van der Waals surface area contributed by atoms with Crippen LogP contribution >= 0.6 is 11.3 Å². The van der Waals surface area contributed by atoms with Crippen molar-refractivity contribution in [3.63, 3.8) is 0 Å². The van der Waals surface area contributed by atoms with Crippen molar-refractivity contribution in [3.05, 3.63) is 45.9 Å². The van der Waals surface area contributed by atoms with Crippen molar-refractivity contribution in [1.29, 1.82) is 0 Å². The van der Waals surface area contributed by atoms with E-state index in [1.165, 1.54) is 22.0 Å². The van der Waals surface area contributed by atoms with Gasteiger partial charge in [-0.25, -0.2) is 4.98 Å². The Morgan fingerprint density at radius 3 is 2.66 bits per heavy atom. The number of benzene rings is 1. The molecule has 0 atom stereocenters. The highest BCUT2D eigenvalue weighted by Crippen LogP contribution is 2.33. The molecule has 5 heterocycles. The van der Waals surface area contributed by atoms with E-state index in [0.717, 1.165) is 67.8 Å². The van der Waals surface area contributed by atoms with Crippen LogP contribution in [0.4, 0.5) is 5.13 Å². The minimum absolute atomic E-state index is 0.0795. The molecule has 6 rings (SSSR count). The zero-order chi connectivity index (χ0) is 23.9. The van der Waals surface area contributed by atoms with Gasteiger partial charge < -0.3 is 19.3 Å². The Morgan fingerprint density at radius 1 is 1.09 bits per heavy atom. The van der Waals surface area contributed by atoms with Crippen LogP contribution in [-0.2, 0) is 6.54 Å². The predicted octanol–water partition coefficient (Wildman–Crippen LogP) is 2.07. The van der Waals surface area contributed by atoms with Crippen LogP contribution in [0.5, 0.6) is 11.5 Å².